The molecule has 2 amide bonds. The summed E-state index contributed by atoms with van der Waals surface area (Å²) in [6.45, 7) is 6.73. The van der Waals surface area contributed by atoms with E-state index < -0.39 is 29.6 Å². The third-order valence-corrected chi connectivity index (χ3v) is 6.53. The zero-order chi connectivity index (χ0) is 29.7. The number of halogens is 3. The van der Waals surface area contributed by atoms with Crippen molar-refractivity contribution in [3.8, 4) is 6.01 Å². The maximum Gasteiger partial charge on any atom is 0.449 e. The lowest BCUT2D eigenvalue weighted by atomic mass is 10.2. The van der Waals surface area contributed by atoms with Gasteiger partial charge < -0.3 is 29.9 Å². The third-order valence-electron chi connectivity index (χ3n) is 5.45. The number of nitrogens with one attached hydrogen (secondary N) is 4. The number of hydrogen-bond donors (Lipinski definition) is 4. The summed E-state index contributed by atoms with van der Waals surface area (Å²) in [5.41, 5.74) is -0.686. The van der Waals surface area contributed by atoms with Crippen molar-refractivity contribution in [1.29, 1.82) is 10.8 Å². The van der Waals surface area contributed by atoms with Crippen molar-refractivity contribution in [2.45, 2.75) is 52.3 Å². The summed E-state index contributed by atoms with van der Waals surface area (Å²) in [6, 6.07) is 1.96. The maximum atomic E-state index is 13.0. The topological polar surface area (TPSA) is 157 Å². The minimum absolute atomic E-state index is 0.0165. The highest BCUT2D eigenvalue weighted by atomic mass is 32.1. The van der Waals surface area contributed by atoms with Gasteiger partial charge in [0.2, 0.25) is 11.7 Å². The van der Waals surface area contributed by atoms with Gasteiger partial charge >= 0.3 is 18.3 Å². The van der Waals surface area contributed by atoms with Crippen LogP contribution < -0.4 is 20.3 Å². The Morgan fingerprint density at radius 3 is 2.52 bits per heavy atom. The molecule has 0 aromatic carbocycles. The summed E-state index contributed by atoms with van der Waals surface area (Å²) in [7, 11) is 0. The molecule has 3 rings (SSSR count). The van der Waals surface area contributed by atoms with Crippen LogP contribution in [0, 0.1) is 10.8 Å². The van der Waals surface area contributed by atoms with E-state index in [-0.39, 0.29) is 51.2 Å². The van der Waals surface area contributed by atoms with Gasteiger partial charge in [-0.2, -0.15) is 23.1 Å². The van der Waals surface area contributed by atoms with Crippen LogP contribution in [0.5, 0.6) is 6.01 Å². The second-order valence-electron chi connectivity index (χ2n) is 9.93. The standard InChI is InChI=1S/C24H33F3N8O4S/c1-5-6-14-11-15-18(34-8-9-35(16(28)13-34)20(29)24(25,26)27)32-21(33-19(15)40-14)38-10-7-30-17(36)12-31-22(37)39-23(2,3)4/h11,28-29H,5-10,12-13H2,1-4H3,(H,30,36)(H,31,37). The Bertz CT molecular complexity index is 1260. The lowest BCUT2D eigenvalue weighted by Gasteiger charge is -2.37. The van der Waals surface area contributed by atoms with Crippen LogP contribution in [0.15, 0.2) is 6.07 Å². The van der Waals surface area contributed by atoms with Crippen LogP contribution in [0.3, 0.4) is 0 Å². The number of carbonyl (C=O) groups excluding carboxylic acids is 2. The van der Waals surface area contributed by atoms with E-state index in [4.69, 9.17) is 20.3 Å². The highest BCUT2D eigenvalue weighted by Gasteiger charge is 2.41. The molecule has 4 N–H and O–H groups in total. The van der Waals surface area contributed by atoms with E-state index in [2.05, 4.69) is 20.6 Å². The van der Waals surface area contributed by atoms with E-state index in [9.17, 15) is 22.8 Å². The monoisotopic (exact) mass is 586 g/mol. The maximum absolute atomic E-state index is 13.0. The SMILES string of the molecule is CCCc1cc2c(N3CCN(C(=N)C(F)(F)F)C(=N)C3)nc(OCCNC(=O)CNC(=O)OC(C)(C)C)nc2s1. The van der Waals surface area contributed by atoms with Gasteiger partial charge in [0.25, 0.3) is 0 Å². The van der Waals surface area contributed by atoms with Crippen LogP contribution >= 0.6 is 11.3 Å². The van der Waals surface area contributed by atoms with Crippen LogP contribution in [0.2, 0.25) is 0 Å². The lowest BCUT2D eigenvalue weighted by molar-refractivity contribution is -0.120. The first-order valence-corrected chi connectivity index (χ1v) is 13.4. The minimum atomic E-state index is -4.85. The molecule has 0 unspecified atom stereocenters. The van der Waals surface area contributed by atoms with E-state index in [1.54, 1.807) is 25.7 Å². The number of aromatic nitrogens is 2. The molecule has 3 heterocycles. The summed E-state index contributed by atoms with van der Waals surface area (Å²) in [5, 5.41) is 21.2. The molecule has 2 aromatic heterocycles. The van der Waals surface area contributed by atoms with Gasteiger partial charge in [0.1, 0.15) is 28.7 Å². The predicted molar refractivity (Wildman–Crippen MR) is 145 cm³/mol. The average molecular weight is 587 g/mol. The van der Waals surface area contributed by atoms with Gasteiger partial charge in [0.05, 0.1) is 25.0 Å². The number of alkyl halides is 3. The van der Waals surface area contributed by atoms with Crippen molar-refractivity contribution in [3.05, 3.63) is 10.9 Å². The summed E-state index contributed by atoms with van der Waals surface area (Å²) in [6.07, 6.45) is -3.84. The Labute approximate surface area is 233 Å². The fraction of sp³-hybridized carbons (Fsp3) is 0.583. The quantitative estimate of drug-likeness (QED) is 0.198. The van der Waals surface area contributed by atoms with Crippen molar-refractivity contribution in [1.82, 2.24) is 25.5 Å². The molecule has 40 heavy (non-hydrogen) atoms. The number of alkyl carbamates (subject to hydrolysis) is 1. The van der Waals surface area contributed by atoms with Crippen LogP contribution in [-0.2, 0) is 16.0 Å². The van der Waals surface area contributed by atoms with Gasteiger partial charge in [0, 0.05) is 18.0 Å². The Morgan fingerprint density at radius 1 is 1.18 bits per heavy atom. The van der Waals surface area contributed by atoms with E-state index in [0.717, 1.165) is 17.7 Å². The van der Waals surface area contributed by atoms with Crippen LogP contribution in [0.4, 0.5) is 23.8 Å². The van der Waals surface area contributed by atoms with E-state index >= 15 is 0 Å². The highest BCUT2D eigenvalue weighted by Crippen LogP contribution is 2.34. The van der Waals surface area contributed by atoms with Gasteiger partial charge in [0.15, 0.2) is 0 Å². The predicted octanol–water partition coefficient (Wildman–Crippen LogP) is 3.30. The number of amides is 2. The molecule has 0 bridgehead atoms. The Hall–Kier alpha value is -3.69. The van der Waals surface area contributed by atoms with E-state index in [1.165, 1.54) is 11.3 Å². The van der Waals surface area contributed by atoms with Crippen molar-refractivity contribution in [2.24, 2.45) is 0 Å². The van der Waals surface area contributed by atoms with Crippen molar-refractivity contribution < 1.29 is 32.2 Å². The Kier molecular flexibility index (Phi) is 9.76. The van der Waals surface area contributed by atoms with E-state index in [0.29, 0.717) is 20.9 Å². The van der Waals surface area contributed by atoms with Crippen LogP contribution in [-0.4, -0.2) is 89.6 Å². The molecule has 0 saturated carbocycles. The summed E-state index contributed by atoms with van der Waals surface area (Å²) >= 11 is 1.45. The third kappa shape index (κ3) is 8.40. The van der Waals surface area contributed by atoms with Crippen molar-refractivity contribution >= 4 is 51.0 Å². The van der Waals surface area contributed by atoms with Gasteiger partial charge in [-0.3, -0.25) is 15.6 Å². The number of nitrogens with zero attached hydrogens (tertiary/aromatic N) is 4. The first-order valence-electron chi connectivity index (χ1n) is 12.6. The summed E-state index contributed by atoms with van der Waals surface area (Å²) in [4.78, 5) is 36.6. The molecule has 0 atom stereocenters. The zero-order valence-electron chi connectivity index (χ0n) is 22.7. The number of fused-ring (bicyclic) bond motifs is 1. The molecule has 0 spiro atoms. The van der Waals surface area contributed by atoms with Crippen LogP contribution in [0.25, 0.3) is 10.2 Å². The largest absolute Gasteiger partial charge is 0.462 e. The molecule has 0 aliphatic carbocycles. The second-order valence-corrected chi connectivity index (χ2v) is 11.0. The molecular weight excluding hydrogens is 553 g/mol. The Balaban J connectivity index is 1.65. The second kappa shape index (κ2) is 12.7. The number of rotatable bonds is 9. The van der Waals surface area contributed by atoms with Crippen molar-refractivity contribution in [2.75, 3.05) is 44.2 Å². The van der Waals surface area contributed by atoms with Crippen molar-refractivity contribution in [3.63, 3.8) is 0 Å². The summed E-state index contributed by atoms with van der Waals surface area (Å²) in [5.74, 6) is -1.96. The number of anilines is 1. The van der Waals surface area contributed by atoms with Gasteiger partial charge in [-0.25, -0.2) is 4.79 Å². The molecule has 220 valence electrons. The molecule has 1 fully saturated rings. The number of ether oxygens (including phenoxy) is 2. The number of thiophene rings is 1. The first kappa shape index (κ1) is 30.8. The fourth-order valence-electron chi connectivity index (χ4n) is 3.76. The smallest absolute Gasteiger partial charge is 0.449 e. The lowest BCUT2D eigenvalue weighted by Crippen LogP contribution is -2.55. The number of piperazine rings is 1. The number of amidine groups is 2. The molecule has 0 radical (unpaired) electrons. The summed E-state index contributed by atoms with van der Waals surface area (Å²) < 4.78 is 49.9. The molecule has 2 aromatic rings. The average Bonchev–Trinajstić information content (AvgIpc) is 3.25. The number of hydrogen-bond acceptors (Lipinski definition) is 10. The van der Waals surface area contributed by atoms with Gasteiger partial charge in [-0.1, -0.05) is 13.3 Å². The Morgan fingerprint density at radius 2 is 1.90 bits per heavy atom. The van der Waals surface area contributed by atoms with E-state index in [1.807, 2.05) is 13.0 Å². The molecule has 12 nitrogen and oxygen atoms in total. The zero-order valence-corrected chi connectivity index (χ0v) is 23.5. The normalized spacial score (nSPS) is 14.3. The first-order chi connectivity index (χ1) is 18.7. The van der Waals surface area contributed by atoms with Crippen LogP contribution in [0.1, 0.15) is 39.0 Å². The van der Waals surface area contributed by atoms with Gasteiger partial charge in [-0.05, 0) is 33.3 Å². The molecular formula is C24H33F3N8O4S. The molecule has 1 aliphatic rings. The molecule has 1 saturated heterocycles. The fourth-order valence-corrected chi connectivity index (χ4v) is 4.87. The highest BCUT2D eigenvalue weighted by molar-refractivity contribution is 7.18. The molecule has 16 heteroatoms. The molecule has 1 aliphatic heterocycles. The van der Waals surface area contributed by atoms with Gasteiger partial charge in [-0.15, -0.1) is 11.3 Å². The number of aryl methyl sites for hydroxylation is 1. The minimum Gasteiger partial charge on any atom is -0.462 e. The number of carbonyl (C=O) groups is 2.